The van der Waals surface area contributed by atoms with Crippen molar-refractivity contribution < 1.29 is 18.9 Å². The van der Waals surface area contributed by atoms with E-state index in [0.29, 0.717) is 0 Å². The zero-order valence-corrected chi connectivity index (χ0v) is 45.3. The third kappa shape index (κ3) is 12.0. The fraction of sp³-hybridized carbons (Fsp3) is 0.391. The summed E-state index contributed by atoms with van der Waals surface area (Å²) in [5.41, 5.74) is 14.6. The number of rotatable bonds is 28. The number of nitrogens with zero attached hydrogens (tertiary/aromatic N) is 1. The highest BCUT2D eigenvalue weighted by molar-refractivity contribution is 5.91. The van der Waals surface area contributed by atoms with Crippen LogP contribution in [0.2, 0.25) is 0 Å². The smallest absolute Gasteiger partial charge is 0.152 e. The van der Waals surface area contributed by atoms with E-state index in [4.69, 9.17) is 18.9 Å². The Balaban J connectivity index is 1.05. The van der Waals surface area contributed by atoms with Crippen LogP contribution in [-0.2, 0) is 5.41 Å². The third-order valence-corrected chi connectivity index (χ3v) is 15.4. The van der Waals surface area contributed by atoms with Crippen LogP contribution >= 0.6 is 0 Å². The van der Waals surface area contributed by atoms with E-state index in [2.05, 4.69) is 185 Å². The molecular formula is C69H81NO4. The van der Waals surface area contributed by atoms with Gasteiger partial charge in [-0.15, -0.1) is 0 Å². The summed E-state index contributed by atoms with van der Waals surface area (Å²) in [6, 6.07) is 53.8. The molecule has 7 aromatic carbocycles. The lowest BCUT2D eigenvalue weighted by Gasteiger charge is -2.35. The van der Waals surface area contributed by atoms with Gasteiger partial charge in [-0.2, -0.15) is 0 Å². The molecule has 386 valence electrons. The zero-order chi connectivity index (χ0) is 51.1. The number of benzene rings is 7. The minimum absolute atomic E-state index is 0.606. The number of hydrogen-bond acceptors (Lipinski definition) is 5. The number of aryl methyl sites for hydroxylation is 2. The van der Waals surface area contributed by atoms with Crippen molar-refractivity contribution in [1.82, 2.24) is 0 Å². The van der Waals surface area contributed by atoms with E-state index in [1.54, 1.807) is 0 Å². The molecule has 0 aromatic heterocycles. The largest absolute Gasteiger partial charge is 0.494 e. The first-order valence-corrected chi connectivity index (χ1v) is 28.6. The van der Waals surface area contributed by atoms with Crippen LogP contribution in [0.3, 0.4) is 0 Å². The highest BCUT2D eigenvalue weighted by Crippen LogP contribution is 2.58. The van der Waals surface area contributed by atoms with Gasteiger partial charge in [0, 0.05) is 5.69 Å². The molecule has 0 radical (unpaired) electrons. The summed E-state index contributed by atoms with van der Waals surface area (Å²) < 4.78 is 25.9. The van der Waals surface area contributed by atoms with E-state index >= 15 is 0 Å². The predicted molar refractivity (Wildman–Crippen MR) is 310 cm³/mol. The average molecular weight is 988 g/mol. The molecule has 5 nitrogen and oxygen atoms in total. The van der Waals surface area contributed by atoms with Crippen LogP contribution in [0.5, 0.6) is 28.7 Å². The Morgan fingerprint density at radius 3 is 1.30 bits per heavy atom. The minimum atomic E-state index is -0.606. The first-order chi connectivity index (χ1) is 36.4. The number of anilines is 3. The lowest BCUT2D eigenvalue weighted by atomic mass is 9.67. The first kappa shape index (κ1) is 52.4. The molecule has 2 aliphatic rings. The second kappa shape index (κ2) is 25.7. The van der Waals surface area contributed by atoms with E-state index in [1.165, 1.54) is 135 Å². The SMILES string of the molecule is CCCCCCCCOc1ccc(N2c3ccc(C)cc3Oc3cc(-c4ccc5c(c4)C(c4ccc(OCCCCCCCC)cc4)(c4ccc(OCCCCCCCC)cc4)c4cc(C)ccc4-5)ccc32)cc1. The van der Waals surface area contributed by atoms with Gasteiger partial charge in [-0.25, -0.2) is 0 Å². The summed E-state index contributed by atoms with van der Waals surface area (Å²) in [4.78, 5) is 2.32. The normalized spacial score (nSPS) is 12.9. The molecule has 0 atom stereocenters. The second-order valence-electron chi connectivity index (χ2n) is 21.0. The molecule has 0 fully saturated rings. The molecular weight excluding hydrogens is 907 g/mol. The van der Waals surface area contributed by atoms with Gasteiger partial charge in [0.2, 0.25) is 0 Å². The molecule has 0 bridgehead atoms. The molecule has 7 aromatic rings. The van der Waals surface area contributed by atoms with Crippen LogP contribution in [0.1, 0.15) is 170 Å². The highest BCUT2D eigenvalue weighted by atomic mass is 16.5. The highest BCUT2D eigenvalue weighted by Gasteiger charge is 2.46. The Morgan fingerprint density at radius 1 is 0.378 bits per heavy atom. The van der Waals surface area contributed by atoms with Crippen molar-refractivity contribution in [2.75, 3.05) is 24.7 Å². The van der Waals surface area contributed by atoms with E-state index in [9.17, 15) is 0 Å². The summed E-state index contributed by atoms with van der Waals surface area (Å²) in [7, 11) is 0. The average Bonchev–Trinajstić information content (AvgIpc) is 3.74. The summed E-state index contributed by atoms with van der Waals surface area (Å²) >= 11 is 0. The van der Waals surface area contributed by atoms with Crippen LogP contribution in [0.15, 0.2) is 146 Å². The molecule has 1 aliphatic carbocycles. The van der Waals surface area contributed by atoms with Crippen molar-refractivity contribution in [2.45, 2.75) is 156 Å². The summed E-state index contributed by atoms with van der Waals surface area (Å²) in [5, 5.41) is 0. The van der Waals surface area contributed by atoms with Gasteiger partial charge in [-0.1, -0.05) is 189 Å². The molecule has 9 rings (SSSR count). The minimum Gasteiger partial charge on any atom is -0.494 e. The number of hydrogen-bond donors (Lipinski definition) is 0. The van der Waals surface area contributed by atoms with Gasteiger partial charge in [-0.05, 0) is 162 Å². The van der Waals surface area contributed by atoms with E-state index < -0.39 is 5.41 Å². The maximum Gasteiger partial charge on any atom is 0.152 e. The van der Waals surface area contributed by atoms with E-state index in [1.807, 2.05) is 0 Å². The van der Waals surface area contributed by atoms with Crippen LogP contribution in [0.4, 0.5) is 17.1 Å². The van der Waals surface area contributed by atoms with Gasteiger partial charge in [0.25, 0.3) is 0 Å². The third-order valence-electron chi connectivity index (χ3n) is 15.4. The molecule has 5 heteroatoms. The molecule has 0 saturated carbocycles. The first-order valence-electron chi connectivity index (χ1n) is 28.6. The van der Waals surface area contributed by atoms with Crippen LogP contribution in [0.25, 0.3) is 22.3 Å². The molecule has 0 spiro atoms. The standard InChI is InChI=1S/C69H81NO4/c1-6-9-12-15-18-21-44-71-58-34-28-55(29-35-58)69(56-30-36-59(37-31-56)72-45-22-19-16-13-10-7-2)63-47-51(4)24-40-61(63)62-41-26-53(49-64(62)69)54-27-43-66-68(50-54)74-67-48-52(5)25-42-65(67)70(66)57-32-38-60(39-33-57)73-46-23-20-17-14-11-8-3/h24-43,47-50H,6-23,44-46H2,1-5H3. The Bertz CT molecular complexity index is 2820. The van der Waals surface area contributed by atoms with Crippen molar-refractivity contribution >= 4 is 17.1 Å². The fourth-order valence-corrected chi connectivity index (χ4v) is 11.3. The molecule has 1 heterocycles. The van der Waals surface area contributed by atoms with Crippen molar-refractivity contribution in [3.8, 4) is 51.0 Å². The number of ether oxygens (including phenoxy) is 4. The zero-order valence-electron chi connectivity index (χ0n) is 45.3. The van der Waals surface area contributed by atoms with Crippen molar-refractivity contribution in [3.05, 3.63) is 179 Å². The van der Waals surface area contributed by atoms with Gasteiger partial charge in [-0.3, -0.25) is 0 Å². The molecule has 1 aliphatic heterocycles. The summed E-state index contributed by atoms with van der Waals surface area (Å²) in [6.45, 7) is 13.4. The molecule has 74 heavy (non-hydrogen) atoms. The van der Waals surface area contributed by atoms with E-state index in [-0.39, 0.29) is 0 Å². The Kier molecular flexibility index (Phi) is 18.2. The quantitative estimate of drug-likeness (QED) is 0.0457. The van der Waals surface area contributed by atoms with Crippen molar-refractivity contribution in [1.29, 1.82) is 0 Å². The van der Waals surface area contributed by atoms with Crippen molar-refractivity contribution in [3.63, 3.8) is 0 Å². The number of unbranched alkanes of at least 4 members (excludes halogenated alkanes) is 15. The maximum atomic E-state index is 6.88. The number of fused-ring (bicyclic) bond motifs is 5. The summed E-state index contributed by atoms with van der Waals surface area (Å²) in [5.74, 6) is 4.40. The fourth-order valence-electron chi connectivity index (χ4n) is 11.3. The van der Waals surface area contributed by atoms with Crippen LogP contribution < -0.4 is 23.8 Å². The van der Waals surface area contributed by atoms with Gasteiger partial charge in [0.05, 0.1) is 36.6 Å². The Hall–Kier alpha value is -6.46. The topological polar surface area (TPSA) is 40.2 Å². The Labute approximate surface area is 444 Å². The van der Waals surface area contributed by atoms with Crippen LogP contribution in [-0.4, -0.2) is 19.8 Å². The predicted octanol–water partition coefficient (Wildman–Crippen LogP) is 20.1. The van der Waals surface area contributed by atoms with Gasteiger partial charge < -0.3 is 23.8 Å². The molecule has 0 saturated heterocycles. The maximum absolute atomic E-state index is 6.88. The molecule has 0 unspecified atom stereocenters. The lowest BCUT2D eigenvalue weighted by molar-refractivity contribution is 0.304. The van der Waals surface area contributed by atoms with E-state index in [0.717, 1.165) is 102 Å². The van der Waals surface area contributed by atoms with Gasteiger partial charge in [0.15, 0.2) is 11.5 Å². The summed E-state index contributed by atoms with van der Waals surface area (Å²) in [6.07, 6.45) is 22.4. The monoisotopic (exact) mass is 988 g/mol. The molecule has 0 amide bonds. The Morgan fingerprint density at radius 2 is 0.770 bits per heavy atom. The molecule has 0 N–H and O–H groups in total. The van der Waals surface area contributed by atoms with Crippen LogP contribution in [0, 0.1) is 13.8 Å². The van der Waals surface area contributed by atoms with Gasteiger partial charge >= 0.3 is 0 Å². The van der Waals surface area contributed by atoms with Crippen molar-refractivity contribution in [2.24, 2.45) is 0 Å². The second-order valence-corrected chi connectivity index (χ2v) is 21.0. The van der Waals surface area contributed by atoms with Gasteiger partial charge in [0.1, 0.15) is 17.2 Å². The lowest BCUT2D eigenvalue weighted by Crippen LogP contribution is -2.28.